The molecule has 4 rings (SSSR count). The molecule has 1 aliphatic rings. The van der Waals surface area contributed by atoms with E-state index in [0.717, 1.165) is 23.0 Å². The van der Waals surface area contributed by atoms with Crippen LogP contribution in [0.4, 0.5) is 0 Å². The van der Waals surface area contributed by atoms with Crippen LogP contribution >= 0.6 is 11.6 Å². The van der Waals surface area contributed by atoms with Crippen LogP contribution in [-0.2, 0) is 32.0 Å². The lowest BCUT2D eigenvalue weighted by Gasteiger charge is -2.23. The van der Waals surface area contributed by atoms with Gasteiger partial charge in [-0.25, -0.2) is 4.79 Å². The van der Waals surface area contributed by atoms with Gasteiger partial charge < -0.3 is 4.90 Å². The first-order valence-electron chi connectivity index (χ1n) is 9.03. The predicted octanol–water partition coefficient (Wildman–Crippen LogP) is 1.28. The largest absolute Gasteiger partial charge is 0.334 e. The average molecular weight is 402 g/mol. The Balaban J connectivity index is 1.71. The standard InChI is InChI=1S/C19H20ClN5O3/c1-22-16-15(17(27)23(2)19(22)28)25(18(20)21-16)11-14(26)24(13-8-9-13)10-12-6-4-3-5-7-12/h3-7,13H,8-11H2,1-2H3. The van der Waals surface area contributed by atoms with Crippen molar-refractivity contribution >= 4 is 28.7 Å². The van der Waals surface area contributed by atoms with Crippen molar-refractivity contribution in [1.29, 1.82) is 0 Å². The highest BCUT2D eigenvalue weighted by atomic mass is 35.5. The summed E-state index contributed by atoms with van der Waals surface area (Å²) < 4.78 is 3.64. The summed E-state index contributed by atoms with van der Waals surface area (Å²) >= 11 is 6.24. The Labute approximate surface area is 165 Å². The third kappa shape index (κ3) is 3.13. The lowest BCUT2D eigenvalue weighted by molar-refractivity contribution is -0.133. The molecule has 0 saturated heterocycles. The van der Waals surface area contributed by atoms with Gasteiger partial charge in [-0.15, -0.1) is 0 Å². The maximum absolute atomic E-state index is 13.1. The predicted molar refractivity (Wildman–Crippen MR) is 105 cm³/mol. The molecule has 1 aliphatic carbocycles. The van der Waals surface area contributed by atoms with Crippen molar-refractivity contribution in [1.82, 2.24) is 23.6 Å². The zero-order valence-electron chi connectivity index (χ0n) is 15.6. The SMILES string of the molecule is Cn1c(=O)c2c(nc(Cl)n2CC(=O)N(Cc2ccccc2)C2CC2)n(C)c1=O. The molecule has 0 aliphatic heterocycles. The molecule has 28 heavy (non-hydrogen) atoms. The zero-order chi connectivity index (χ0) is 20.0. The third-order valence-corrected chi connectivity index (χ3v) is 5.39. The summed E-state index contributed by atoms with van der Waals surface area (Å²) in [6.07, 6.45) is 1.93. The van der Waals surface area contributed by atoms with Crippen molar-refractivity contribution in [2.24, 2.45) is 14.1 Å². The molecule has 2 aromatic heterocycles. The average Bonchev–Trinajstić information content (AvgIpc) is 3.48. The monoisotopic (exact) mass is 401 g/mol. The second-order valence-electron chi connectivity index (χ2n) is 7.08. The Bertz CT molecular complexity index is 1170. The summed E-state index contributed by atoms with van der Waals surface area (Å²) in [5.74, 6) is -0.136. The van der Waals surface area contributed by atoms with Gasteiger partial charge in [0.1, 0.15) is 6.54 Å². The van der Waals surface area contributed by atoms with Gasteiger partial charge >= 0.3 is 5.69 Å². The number of hydrogen-bond donors (Lipinski definition) is 0. The van der Waals surface area contributed by atoms with Crippen LogP contribution in [0.15, 0.2) is 39.9 Å². The topological polar surface area (TPSA) is 82.1 Å². The number of rotatable bonds is 5. The van der Waals surface area contributed by atoms with Crippen LogP contribution in [0.1, 0.15) is 18.4 Å². The summed E-state index contributed by atoms with van der Waals surface area (Å²) in [4.78, 5) is 43.8. The highest BCUT2D eigenvalue weighted by Crippen LogP contribution is 2.29. The number of nitrogens with zero attached hydrogens (tertiary/aromatic N) is 5. The molecule has 0 unspecified atom stereocenters. The molecular weight excluding hydrogens is 382 g/mol. The van der Waals surface area contributed by atoms with Gasteiger partial charge in [-0.1, -0.05) is 30.3 Å². The normalized spacial score (nSPS) is 13.8. The summed E-state index contributed by atoms with van der Waals surface area (Å²) in [6.45, 7) is 0.400. The fourth-order valence-electron chi connectivity index (χ4n) is 3.38. The van der Waals surface area contributed by atoms with Crippen molar-refractivity contribution < 1.29 is 4.79 Å². The molecule has 1 saturated carbocycles. The Morgan fingerprint density at radius 3 is 2.50 bits per heavy atom. The minimum absolute atomic E-state index is 0.0112. The summed E-state index contributed by atoms with van der Waals surface area (Å²) in [5.41, 5.74) is 0.355. The van der Waals surface area contributed by atoms with Crippen LogP contribution in [0.5, 0.6) is 0 Å². The summed E-state index contributed by atoms with van der Waals surface area (Å²) in [7, 11) is 2.91. The van der Waals surface area contributed by atoms with Gasteiger partial charge in [0.25, 0.3) is 5.56 Å². The van der Waals surface area contributed by atoms with Gasteiger partial charge in [0.15, 0.2) is 11.2 Å². The number of amides is 1. The molecule has 9 heteroatoms. The van der Waals surface area contributed by atoms with Gasteiger partial charge in [0, 0.05) is 26.7 Å². The maximum atomic E-state index is 13.1. The van der Waals surface area contributed by atoms with E-state index in [0.29, 0.717) is 6.54 Å². The quantitative estimate of drug-likeness (QED) is 0.603. The van der Waals surface area contributed by atoms with E-state index >= 15 is 0 Å². The van der Waals surface area contributed by atoms with E-state index in [4.69, 9.17) is 11.6 Å². The molecule has 0 radical (unpaired) electrons. The second kappa shape index (κ2) is 6.94. The molecule has 1 aromatic carbocycles. The molecule has 0 N–H and O–H groups in total. The number of benzene rings is 1. The van der Waals surface area contributed by atoms with E-state index < -0.39 is 11.2 Å². The Morgan fingerprint density at radius 2 is 1.86 bits per heavy atom. The highest BCUT2D eigenvalue weighted by Gasteiger charge is 2.33. The smallest absolute Gasteiger partial charge is 0.332 e. The van der Waals surface area contributed by atoms with Crippen LogP contribution in [0.3, 0.4) is 0 Å². The van der Waals surface area contributed by atoms with Crippen LogP contribution < -0.4 is 11.2 Å². The van der Waals surface area contributed by atoms with E-state index in [1.54, 1.807) is 0 Å². The molecule has 0 atom stereocenters. The van der Waals surface area contributed by atoms with Gasteiger partial charge in [-0.2, -0.15) is 4.98 Å². The first-order chi connectivity index (χ1) is 13.4. The first-order valence-corrected chi connectivity index (χ1v) is 9.41. The molecule has 0 spiro atoms. The van der Waals surface area contributed by atoms with E-state index in [9.17, 15) is 14.4 Å². The fraction of sp³-hybridized carbons (Fsp3) is 0.368. The number of aryl methyl sites for hydroxylation is 1. The lowest BCUT2D eigenvalue weighted by Crippen LogP contribution is -2.39. The van der Waals surface area contributed by atoms with E-state index in [-0.39, 0.29) is 34.9 Å². The minimum Gasteiger partial charge on any atom is -0.334 e. The Kier molecular flexibility index (Phi) is 4.58. The van der Waals surface area contributed by atoms with Crippen molar-refractivity contribution in [3.05, 3.63) is 62.0 Å². The van der Waals surface area contributed by atoms with Crippen LogP contribution in [-0.4, -0.2) is 35.5 Å². The van der Waals surface area contributed by atoms with Crippen molar-refractivity contribution in [2.75, 3.05) is 0 Å². The number of carbonyl (C=O) groups is 1. The molecule has 2 heterocycles. The maximum Gasteiger partial charge on any atom is 0.332 e. The molecule has 8 nitrogen and oxygen atoms in total. The summed E-state index contributed by atoms with van der Waals surface area (Å²) in [6, 6.07) is 9.98. The zero-order valence-corrected chi connectivity index (χ0v) is 16.4. The number of carbonyl (C=O) groups excluding carboxylic acids is 1. The molecule has 0 bridgehead atoms. The molecule has 1 fully saturated rings. The highest BCUT2D eigenvalue weighted by molar-refractivity contribution is 6.29. The number of fused-ring (bicyclic) bond motifs is 1. The van der Waals surface area contributed by atoms with Gasteiger partial charge in [0.2, 0.25) is 11.2 Å². The fourth-order valence-corrected chi connectivity index (χ4v) is 3.60. The van der Waals surface area contributed by atoms with Crippen LogP contribution in [0.2, 0.25) is 5.28 Å². The van der Waals surface area contributed by atoms with Crippen molar-refractivity contribution in [2.45, 2.75) is 32.0 Å². The molecule has 3 aromatic rings. The second-order valence-corrected chi connectivity index (χ2v) is 7.42. The lowest BCUT2D eigenvalue weighted by atomic mass is 10.2. The van der Waals surface area contributed by atoms with E-state index in [1.807, 2.05) is 35.2 Å². The number of halogens is 1. The van der Waals surface area contributed by atoms with Crippen molar-refractivity contribution in [3.8, 4) is 0 Å². The van der Waals surface area contributed by atoms with Gasteiger partial charge in [-0.05, 0) is 30.0 Å². The van der Waals surface area contributed by atoms with Crippen LogP contribution in [0, 0.1) is 0 Å². The first kappa shape index (κ1) is 18.5. The Hall–Kier alpha value is -2.87. The number of imidazole rings is 1. The van der Waals surface area contributed by atoms with Gasteiger partial charge in [-0.3, -0.25) is 23.3 Å². The van der Waals surface area contributed by atoms with E-state index in [1.165, 1.54) is 23.2 Å². The number of aromatic nitrogens is 4. The third-order valence-electron chi connectivity index (χ3n) is 5.10. The molecule has 146 valence electrons. The molecular formula is C19H20ClN5O3. The van der Waals surface area contributed by atoms with E-state index in [2.05, 4.69) is 4.98 Å². The van der Waals surface area contributed by atoms with Crippen molar-refractivity contribution in [3.63, 3.8) is 0 Å². The number of hydrogen-bond acceptors (Lipinski definition) is 4. The summed E-state index contributed by atoms with van der Waals surface area (Å²) in [5, 5.41) is 0.0112. The Morgan fingerprint density at radius 1 is 1.18 bits per heavy atom. The van der Waals surface area contributed by atoms with Crippen LogP contribution in [0.25, 0.3) is 11.2 Å². The molecule has 1 amide bonds. The minimum atomic E-state index is -0.522. The van der Waals surface area contributed by atoms with Gasteiger partial charge in [0.05, 0.1) is 0 Å².